The van der Waals surface area contributed by atoms with Crippen LogP contribution < -0.4 is 0 Å². The standard InChI is InChI=1S/C14H8O4/c15-3-11-7-1-8-13(5-17)9(11)2-10(12(7)4-16)14(8)6-18/h7-10H,1-2H2. The SMILES string of the molecule is O=C=C1C2CC3C(=C=O)C1CC(C2=C=O)C3=C=O. The molecule has 18 heavy (non-hydrogen) atoms. The molecule has 4 rings (SSSR count). The van der Waals surface area contributed by atoms with E-state index in [0.717, 1.165) is 0 Å². The van der Waals surface area contributed by atoms with E-state index in [4.69, 9.17) is 0 Å². The monoisotopic (exact) mass is 240 g/mol. The van der Waals surface area contributed by atoms with Gasteiger partial charge >= 0.3 is 0 Å². The van der Waals surface area contributed by atoms with Crippen molar-refractivity contribution in [2.45, 2.75) is 12.8 Å². The lowest BCUT2D eigenvalue weighted by Gasteiger charge is -2.50. The molecular weight excluding hydrogens is 232 g/mol. The molecular formula is C14H8O4. The lowest BCUT2D eigenvalue weighted by atomic mass is 9.49. The van der Waals surface area contributed by atoms with Crippen LogP contribution in [0.15, 0.2) is 22.3 Å². The summed E-state index contributed by atoms with van der Waals surface area (Å²) in [4.78, 5) is 44.1. The molecule has 0 unspecified atom stereocenters. The molecule has 4 saturated carbocycles. The summed E-state index contributed by atoms with van der Waals surface area (Å²) in [5.41, 5.74) is 1.79. The van der Waals surface area contributed by atoms with E-state index in [2.05, 4.69) is 0 Å². The van der Waals surface area contributed by atoms with Crippen LogP contribution in [0.2, 0.25) is 0 Å². The van der Waals surface area contributed by atoms with Gasteiger partial charge in [-0.2, -0.15) is 0 Å². The number of carbonyl (C=O) groups excluding carboxylic acids is 4. The minimum atomic E-state index is -0.303. The van der Waals surface area contributed by atoms with Crippen molar-refractivity contribution < 1.29 is 19.2 Å². The fourth-order valence-corrected chi connectivity index (χ4v) is 3.70. The van der Waals surface area contributed by atoms with Gasteiger partial charge in [0.2, 0.25) is 0 Å². The van der Waals surface area contributed by atoms with Crippen LogP contribution >= 0.6 is 0 Å². The Hall–Kier alpha value is -2.20. The maximum Gasteiger partial charge on any atom is 0.124 e. The van der Waals surface area contributed by atoms with Crippen LogP contribution in [0.25, 0.3) is 0 Å². The van der Waals surface area contributed by atoms with E-state index < -0.39 is 0 Å². The zero-order chi connectivity index (χ0) is 12.9. The average molecular weight is 240 g/mol. The van der Waals surface area contributed by atoms with Crippen molar-refractivity contribution in [1.29, 1.82) is 0 Å². The van der Waals surface area contributed by atoms with Gasteiger partial charge in [0.05, 0.1) is 0 Å². The molecule has 0 spiro atoms. The zero-order valence-electron chi connectivity index (χ0n) is 9.36. The van der Waals surface area contributed by atoms with Gasteiger partial charge in [0, 0.05) is 46.0 Å². The fraction of sp³-hybridized carbons (Fsp3) is 0.429. The second-order valence-electron chi connectivity index (χ2n) is 4.91. The van der Waals surface area contributed by atoms with E-state index in [1.54, 1.807) is 0 Å². The molecule has 0 saturated heterocycles. The highest BCUT2D eigenvalue weighted by molar-refractivity contribution is 5.77. The van der Waals surface area contributed by atoms with Crippen LogP contribution in [-0.4, -0.2) is 23.8 Å². The van der Waals surface area contributed by atoms with Gasteiger partial charge in [-0.05, 0) is 12.8 Å². The van der Waals surface area contributed by atoms with Crippen molar-refractivity contribution >= 4 is 23.8 Å². The highest BCUT2D eigenvalue weighted by Gasteiger charge is 2.55. The third-order valence-electron chi connectivity index (χ3n) is 4.42. The van der Waals surface area contributed by atoms with Crippen molar-refractivity contribution in [2.24, 2.45) is 23.7 Å². The molecule has 0 radical (unpaired) electrons. The largest absolute Gasteiger partial charge is 0.234 e. The Morgan fingerprint density at radius 2 is 0.778 bits per heavy atom. The van der Waals surface area contributed by atoms with Crippen molar-refractivity contribution in [1.82, 2.24) is 0 Å². The highest BCUT2D eigenvalue weighted by atomic mass is 16.1. The first-order chi connectivity index (χ1) is 8.76. The summed E-state index contributed by atoms with van der Waals surface area (Å²) in [5.74, 6) is 6.26. The van der Waals surface area contributed by atoms with E-state index in [-0.39, 0.29) is 23.7 Å². The Labute approximate surface area is 102 Å². The second-order valence-corrected chi connectivity index (χ2v) is 4.91. The Bertz CT molecular complexity index is 507. The molecule has 4 fully saturated rings. The van der Waals surface area contributed by atoms with Gasteiger partial charge in [0.25, 0.3) is 0 Å². The summed E-state index contributed by atoms with van der Waals surface area (Å²) in [6, 6.07) is 0. The van der Waals surface area contributed by atoms with E-state index in [1.165, 1.54) is 0 Å². The third-order valence-corrected chi connectivity index (χ3v) is 4.42. The minimum absolute atomic E-state index is 0.303. The third kappa shape index (κ3) is 1.08. The maximum absolute atomic E-state index is 11.0. The van der Waals surface area contributed by atoms with Crippen molar-refractivity contribution in [3.8, 4) is 0 Å². The predicted molar refractivity (Wildman–Crippen MR) is 60.0 cm³/mol. The van der Waals surface area contributed by atoms with Crippen LogP contribution in [0.5, 0.6) is 0 Å². The molecule has 4 aliphatic carbocycles. The minimum Gasteiger partial charge on any atom is -0.234 e. The van der Waals surface area contributed by atoms with Gasteiger partial charge in [-0.15, -0.1) is 0 Å². The van der Waals surface area contributed by atoms with Crippen LogP contribution in [0.3, 0.4) is 0 Å². The highest BCUT2D eigenvalue weighted by Crippen LogP contribution is 2.60. The number of hydrogen-bond acceptors (Lipinski definition) is 4. The maximum atomic E-state index is 11.0. The topological polar surface area (TPSA) is 68.3 Å². The summed E-state index contributed by atoms with van der Waals surface area (Å²) in [6.07, 6.45) is 0.800. The molecule has 0 aromatic carbocycles. The Balaban J connectivity index is 2.28. The summed E-state index contributed by atoms with van der Waals surface area (Å²) >= 11 is 0. The van der Waals surface area contributed by atoms with Crippen LogP contribution in [0.1, 0.15) is 12.8 Å². The van der Waals surface area contributed by atoms with Crippen LogP contribution in [-0.2, 0) is 19.2 Å². The van der Waals surface area contributed by atoms with Crippen LogP contribution in [0, 0.1) is 23.7 Å². The van der Waals surface area contributed by atoms with E-state index in [0.29, 0.717) is 35.1 Å². The molecule has 88 valence electrons. The Morgan fingerprint density at radius 1 is 0.556 bits per heavy atom. The van der Waals surface area contributed by atoms with E-state index in [1.807, 2.05) is 23.8 Å². The molecule has 4 bridgehead atoms. The molecule has 4 aliphatic rings. The second kappa shape index (κ2) is 3.65. The summed E-state index contributed by atoms with van der Waals surface area (Å²) in [7, 11) is 0. The molecule has 0 aliphatic heterocycles. The molecule has 0 N–H and O–H groups in total. The number of hydrogen-bond donors (Lipinski definition) is 0. The molecule has 0 aromatic heterocycles. The summed E-state index contributed by atoms with van der Waals surface area (Å²) < 4.78 is 0. The van der Waals surface area contributed by atoms with Crippen LogP contribution in [0.4, 0.5) is 0 Å². The Kier molecular flexibility index (Phi) is 2.21. The van der Waals surface area contributed by atoms with Crippen molar-refractivity contribution in [3.63, 3.8) is 0 Å². The average Bonchev–Trinajstić information content (AvgIpc) is 2.39. The predicted octanol–water partition coefficient (Wildman–Crippen LogP) is 0.304. The lowest BCUT2D eigenvalue weighted by molar-refractivity contribution is 0.260. The van der Waals surface area contributed by atoms with Crippen molar-refractivity contribution in [3.05, 3.63) is 22.3 Å². The first-order valence-corrected chi connectivity index (χ1v) is 5.76. The van der Waals surface area contributed by atoms with Gasteiger partial charge in [0.1, 0.15) is 23.8 Å². The summed E-state index contributed by atoms with van der Waals surface area (Å²) in [6.45, 7) is 0. The van der Waals surface area contributed by atoms with Gasteiger partial charge in [0.15, 0.2) is 0 Å². The van der Waals surface area contributed by atoms with Gasteiger partial charge < -0.3 is 0 Å². The first kappa shape index (κ1) is 10.9. The number of rotatable bonds is 0. The molecule has 0 aromatic rings. The molecule has 0 amide bonds. The number of allylic oxidation sites excluding steroid dienone is 4. The normalized spacial score (nSPS) is 36.0. The van der Waals surface area contributed by atoms with Gasteiger partial charge in [-0.3, -0.25) is 0 Å². The van der Waals surface area contributed by atoms with Gasteiger partial charge in [-0.1, -0.05) is 0 Å². The molecule has 0 atom stereocenters. The summed E-state index contributed by atoms with van der Waals surface area (Å²) in [5, 5.41) is 0. The quantitative estimate of drug-likeness (QED) is 0.571. The fourth-order valence-electron chi connectivity index (χ4n) is 3.70. The van der Waals surface area contributed by atoms with Gasteiger partial charge in [-0.25, -0.2) is 19.2 Å². The van der Waals surface area contributed by atoms with E-state index >= 15 is 0 Å². The lowest BCUT2D eigenvalue weighted by Crippen LogP contribution is -2.46. The first-order valence-electron chi connectivity index (χ1n) is 5.76. The van der Waals surface area contributed by atoms with Crippen molar-refractivity contribution in [2.75, 3.05) is 0 Å². The molecule has 4 nitrogen and oxygen atoms in total. The zero-order valence-corrected chi connectivity index (χ0v) is 9.36. The molecule has 4 heteroatoms. The Morgan fingerprint density at radius 3 is 0.944 bits per heavy atom. The van der Waals surface area contributed by atoms with E-state index in [9.17, 15) is 19.2 Å². The molecule has 0 heterocycles. The smallest absolute Gasteiger partial charge is 0.124 e.